The zero-order valence-electron chi connectivity index (χ0n) is 21.6. The minimum absolute atomic E-state index is 0.0669. The largest absolute Gasteiger partial charge is 0.478 e. The Morgan fingerprint density at radius 2 is 2.00 bits per heavy atom. The molecule has 11 heteroatoms. The Hall–Kier alpha value is -2.72. The molecule has 2 aromatic carbocycles. The molecule has 208 valence electrons. The maximum absolute atomic E-state index is 14.6. The van der Waals surface area contributed by atoms with Crippen LogP contribution in [0.5, 0.6) is 0 Å². The number of fused-ring (bicyclic) bond motifs is 1. The third-order valence-corrected chi connectivity index (χ3v) is 10.1. The molecule has 3 fully saturated rings. The number of hydrogen-bond acceptors (Lipinski definition) is 7. The van der Waals surface area contributed by atoms with Crippen LogP contribution in [-0.2, 0) is 11.3 Å². The second kappa shape index (κ2) is 9.69. The van der Waals surface area contributed by atoms with Crippen LogP contribution in [0.3, 0.4) is 0 Å². The second-order valence-corrected chi connectivity index (χ2v) is 13.2. The van der Waals surface area contributed by atoms with E-state index in [0.717, 1.165) is 61.2 Å². The molecule has 4 aromatic rings. The third-order valence-electron chi connectivity index (χ3n) is 8.45. The number of anilines is 1. The summed E-state index contributed by atoms with van der Waals surface area (Å²) in [5, 5.41) is 15.4. The van der Waals surface area contributed by atoms with Crippen LogP contribution in [0.25, 0.3) is 21.5 Å². The molecule has 2 saturated carbocycles. The molecule has 2 aromatic heterocycles. The van der Waals surface area contributed by atoms with E-state index in [1.54, 1.807) is 12.1 Å². The van der Waals surface area contributed by atoms with E-state index in [1.807, 2.05) is 6.07 Å². The average Bonchev–Trinajstić information content (AvgIpc) is 3.34. The first-order chi connectivity index (χ1) is 19.2. The lowest BCUT2D eigenvalue weighted by atomic mass is 9.65. The SMILES string of the molecule is CC1CC2(CC(OCc3c(-c4c(Cl)cccc4Cl)noc3C3CC3)C2)CN1c1nc2c(F)cc(C(=O)O)cc2s1. The summed E-state index contributed by atoms with van der Waals surface area (Å²) in [7, 11) is 0. The molecular formula is C29H26Cl2FN3O4S. The summed E-state index contributed by atoms with van der Waals surface area (Å²) in [5.41, 5.74) is 2.52. The Morgan fingerprint density at radius 1 is 1.25 bits per heavy atom. The number of carbonyl (C=O) groups is 1. The van der Waals surface area contributed by atoms with Gasteiger partial charge in [0.05, 0.1) is 33.0 Å². The van der Waals surface area contributed by atoms with Gasteiger partial charge >= 0.3 is 5.97 Å². The zero-order chi connectivity index (χ0) is 27.8. The van der Waals surface area contributed by atoms with Crippen LogP contribution in [-0.4, -0.2) is 39.9 Å². The first kappa shape index (κ1) is 26.2. The summed E-state index contributed by atoms with van der Waals surface area (Å²) in [6.45, 7) is 3.35. The summed E-state index contributed by atoms with van der Waals surface area (Å²) < 4.78 is 27.3. The summed E-state index contributed by atoms with van der Waals surface area (Å²) in [5.74, 6) is -0.520. The fourth-order valence-corrected chi connectivity index (χ4v) is 8.06. The lowest BCUT2D eigenvalue weighted by Gasteiger charge is -2.44. The fourth-order valence-electron chi connectivity index (χ4n) is 6.37. The summed E-state index contributed by atoms with van der Waals surface area (Å²) in [6.07, 6.45) is 5.09. The minimum atomic E-state index is -1.15. The van der Waals surface area contributed by atoms with Gasteiger partial charge in [-0.2, -0.15) is 0 Å². The number of nitrogens with zero attached hydrogens (tertiary/aromatic N) is 3. The topological polar surface area (TPSA) is 88.7 Å². The molecule has 0 radical (unpaired) electrons. The van der Waals surface area contributed by atoms with E-state index >= 15 is 0 Å². The average molecular weight is 603 g/mol. The lowest BCUT2D eigenvalue weighted by Crippen LogP contribution is -2.44. The molecule has 1 unspecified atom stereocenters. The summed E-state index contributed by atoms with van der Waals surface area (Å²) in [4.78, 5) is 18.1. The van der Waals surface area contributed by atoms with Crippen molar-refractivity contribution < 1.29 is 23.6 Å². The van der Waals surface area contributed by atoms with Crippen molar-refractivity contribution in [1.29, 1.82) is 0 Å². The smallest absolute Gasteiger partial charge is 0.335 e. The number of carboxylic acid groups (broad SMARTS) is 1. The summed E-state index contributed by atoms with van der Waals surface area (Å²) in [6, 6.07) is 8.17. The van der Waals surface area contributed by atoms with Crippen molar-refractivity contribution >= 4 is 55.9 Å². The highest BCUT2D eigenvalue weighted by Crippen LogP contribution is 2.54. The summed E-state index contributed by atoms with van der Waals surface area (Å²) >= 11 is 14.3. The van der Waals surface area contributed by atoms with E-state index < -0.39 is 11.8 Å². The van der Waals surface area contributed by atoms with Crippen LogP contribution >= 0.6 is 34.5 Å². The molecule has 1 aliphatic heterocycles. The standard InChI is InChI=1S/C29H26Cl2FN3O4S/c1-14-9-29(13-35(14)28-33-25-21(32)7-16(27(36)37)8-22(25)40-28)10-17(11-29)38-12-18-24(34-39-26(18)15-5-6-15)23-19(30)3-2-4-20(23)31/h2-4,7-8,14-15,17H,5-6,9-13H2,1H3,(H,36,37). The zero-order valence-corrected chi connectivity index (χ0v) is 24.0. The van der Waals surface area contributed by atoms with Gasteiger partial charge in [-0.1, -0.05) is 45.8 Å². The number of benzene rings is 2. The second-order valence-electron chi connectivity index (χ2n) is 11.4. The normalized spacial score (nSPS) is 24.2. The van der Waals surface area contributed by atoms with E-state index in [1.165, 1.54) is 17.4 Å². The lowest BCUT2D eigenvalue weighted by molar-refractivity contribution is -0.0805. The highest BCUT2D eigenvalue weighted by Gasteiger charge is 2.52. The molecular weight excluding hydrogens is 576 g/mol. The predicted molar refractivity (Wildman–Crippen MR) is 152 cm³/mol. The first-order valence-corrected chi connectivity index (χ1v) is 14.9. The number of aromatic carboxylic acids is 1. The van der Waals surface area contributed by atoms with Crippen LogP contribution in [0.15, 0.2) is 34.9 Å². The van der Waals surface area contributed by atoms with Gasteiger partial charge in [0, 0.05) is 29.6 Å². The maximum atomic E-state index is 14.6. The fraction of sp³-hybridized carbons (Fsp3) is 0.414. The number of thiazole rings is 1. The number of carboxylic acids is 1. The quantitative estimate of drug-likeness (QED) is 0.230. The van der Waals surface area contributed by atoms with E-state index in [0.29, 0.717) is 38.5 Å². The number of aromatic nitrogens is 2. The molecule has 0 bridgehead atoms. The van der Waals surface area contributed by atoms with Gasteiger partial charge in [-0.15, -0.1) is 0 Å². The van der Waals surface area contributed by atoms with E-state index in [2.05, 4.69) is 22.0 Å². The van der Waals surface area contributed by atoms with Crippen molar-refractivity contribution in [2.24, 2.45) is 5.41 Å². The van der Waals surface area contributed by atoms with Crippen molar-refractivity contribution in [2.45, 2.75) is 63.7 Å². The Bertz CT molecular complexity index is 1630. The van der Waals surface area contributed by atoms with Crippen LogP contribution < -0.4 is 4.90 Å². The van der Waals surface area contributed by atoms with Gasteiger partial charge in [-0.3, -0.25) is 0 Å². The predicted octanol–water partition coefficient (Wildman–Crippen LogP) is 7.94. The maximum Gasteiger partial charge on any atom is 0.335 e. The molecule has 1 saturated heterocycles. The third kappa shape index (κ3) is 4.47. The molecule has 0 amide bonds. The minimum Gasteiger partial charge on any atom is -0.478 e. The molecule has 7 rings (SSSR count). The highest BCUT2D eigenvalue weighted by atomic mass is 35.5. The van der Waals surface area contributed by atoms with Crippen molar-refractivity contribution in [3.8, 4) is 11.3 Å². The van der Waals surface area contributed by atoms with Gasteiger partial charge < -0.3 is 19.3 Å². The molecule has 1 atom stereocenters. The van der Waals surface area contributed by atoms with E-state index in [9.17, 15) is 14.3 Å². The Labute approximate surface area is 243 Å². The van der Waals surface area contributed by atoms with Crippen LogP contribution in [0.2, 0.25) is 10.0 Å². The van der Waals surface area contributed by atoms with Gasteiger partial charge in [0.25, 0.3) is 0 Å². The van der Waals surface area contributed by atoms with Gasteiger partial charge in [-0.05, 0) is 68.7 Å². The molecule has 40 heavy (non-hydrogen) atoms. The molecule has 7 nitrogen and oxygen atoms in total. The molecule has 3 heterocycles. The Kier molecular flexibility index (Phi) is 6.34. The van der Waals surface area contributed by atoms with E-state index in [-0.39, 0.29) is 28.6 Å². The van der Waals surface area contributed by atoms with E-state index in [4.69, 9.17) is 32.5 Å². The molecule has 1 N–H and O–H groups in total. The van der Waals surface area contributed by atoms with Crippen LogP contribution in [0, 0.1) is 11.2 Å². The van der Waals surface area contributed by atoms with Gasteiger partial charge in [0.2, 0.25) is 0 Å². The van der Waals surface area contributed by atoms with Crippen molar-refractivity contribution in [3.05, 3.63) is 63.1 Å². The number of halogens is 3. The molecule has 1 spiro atoms. The molecule has 3 aliphatic rings. The number of ether oxygens (including phenoxy) is 1. The first-order valence-electron chi connectivity index (χ1n) is 13.4. The van der Waals surface area contributed by atoms with Crippen molar-refractivity contribution in [2.75, 3.05) is 11.4 Å². The Morgan fingerprint density at radius 3 is 2.70 bits per heavy atom. The number of rotatable bonds is 7. The van der Waals surface area contributed by atoms with Crippen molar-refractivity contribution in [3.63, 3.8) is 0 Å². The number of hydrogen-bond donors (Lipinski definition) is 1. The monoisotopic (exact) mass is 601 g/mol. The Balaban J connectivity index is 1.05. The van der Waals surface area contributed by atoms with Crippen LogP contribution in [0.1, 0.15) is 66.6 Å². The highest BCUT2D eigenvalue weighted by molar-refractivity contribution is 7.22. The van der Waals surface area contributed by atoms with Crippen LogP contribution in [0.4, 0.5) is 9.52 Å². The molecule has 2 aliphatic carbocycles. The van der Waals surface area contributed by atoms with Gasteiger partial charge in [-0.25, -0.2) is 14.2 Å². The van der Waals surface area contributed by atoms with Gasteiger partial charge in [0.1, 0.15) is 17.0 Å². The van der Waals surface area contributed by atoms with Crippen molar-refractivity contribution in [1.82, 2.24) is 10.1 Å². The van der Waals surface area contributed by atoms with Gasteiger partial charge in [0.15, 0.2) is 10.9 Å².